The molecule has 39 heavy (non-hydrogen) atoms. The number of nitrogens with one attached hydrogen (secondary N) is 1. The van der Waals surface area contributed by atoms with Crippen LogP contribution < -0.4 is 19.5 Å². The number of carbonyl (C=O) groups is 2. The smallest absolute Gasteiger partial charge is 0.339 e. The number of anilines is 1. The lowest BCUT2D eigenvalue weighted by atomic mass is 10.0. The summed E-state index contributed by atoms with van der Waals surface area (Å²) in [5, 5.41) is 3.75. The summed E-state index contributed by atoms with van der Waals surface area (Å²) in [6.45, 7) is 1.52. The Bertz CT molecular complexity index is 1690. The number of carbonyl (C=O) groups excluding carboxylic acids is 2. The number of methoxy groups -OCH3 is 3. The first-order valence-electron chi connectivity index (χ1n) is 11.9. The zero-order valence-electron chi connectivity index (χ0n) is 21.7. The Kier molecular flexibility index (Phi) is 7.29. The van der Waals surface area contributed by atoms with Crippen molar-refractivity contribution in [1.82, 2.24) is 9.97 Å². The summed E-state index contributed by atoms with van der Waals surface area (Å²) in [6.07, 6.45) is 0. The zero-order valence-corrected chi connectivity index (χ0v) is 22.5. The topological polar surface area (TPSA) is 109 Å². The molecule has 2 aromatic heterocycles. The van der Waals surface area contributed by atoms with E-state index in [4.69, 9.17) is 23.9 Å². The normalized spacial score (nSPS) is 10.9. The number of hydrogen-bond donors (Lipinski definition) is 1. The number of pyridine rings is 1. The van der Waals surface area contributed by atoms with Gasteiger partial charge in [-0.2, -0.15) is 0 Å². The van der Waals surface area contributed by atoms with Gasteiger partial charge in [-0.05, 0) is 48.9 Å². The van der Waals surface area contributed by atoms with Crippen LogP contribution in [0.4, 0.5) is 5.13 Å². The van der Waals surface area contributed by atoms with Gasteiger partial charge in [0.1, 0.15) is 0 Å². The van der Waals surface area contributed by atoms with Crippen LogP contribution in [0.1, 0.15) is 15.9 Å². The van der Waals surface area contributed by atoms with Gasteiger partial charge in [0.2, 0.25) is 5.75 Å². The average molecular weight is 544 g/mol. The summed E-state index contributed by atoms with van der Waals surface area (Å²) >= 11 is 1.36. The van der Waals surface area contributed by atoms with Gasteiger partial charge in [-0.15, -0.1) is 0 Å². The van der Waals surface area contributed by atoms with Crippen molar-refractivity contribution in [3.8, 4) is 28.5 Å². The number of amides is 1. The van der Waals surface area contributed by atoms with Crippen LogP contribution in [0, 0.1) is 6.92 Å². The highest BCUT2D eigenvalue weighted by Gasteiger charge is 2.20. The molecule has 9 nitrogen and oxygen atoms in total. The van der Waals surface area contributed by atoms with Gasteiger partial charge in [0.25, 0.3) is 5.91 Å². The molecule has 0 radical (unpaired) electrons. The molecule has 5 rings (SSSR count). The standard InChI is InChI=1S/C29H25N3O6S/c1-16-9-10-21-25(11-16)39-29(31-21)32-26(33)15-38-28(34)19-14-22(30-20-8-6-5-7-18(19)20)17-12-23(35-2)27(37-4)24(13-17)36-3/h5-14H,15H2,1-4H3,(H,31,32,33). The molecule has 0 atom stereocenters. The fourth-order valence-electron chi connectivity index (χ4n) is 4.17. The van der Waals surface area contributed by atoms with Crippen LogP contribution in [0.5, 0.6) is 17.2 Å². The lowest BCUT2D eigenvalue weighted by Crippen LogP contribution is -2.21. The maximum absolute atomic E-state index is 13.2. The van der Waals surface area contributed by atoms with Crippen molar-refractivity contribution < 1.29 is 28.5 Å². The molecule has 0 saturated heterocycles. The van der Waals surface area contributed by atoms with E-state index < -0.39 is 18.5 Å². The van der Waals surface area contributed by atoms with E-state index in [9.17, 15) is 9.59 Å². The SMILES string of the molecule is COc1cc(-c2cc(C(=O)OCC(=O)Nc3nc4ccc(C)cc4s3)c3ccccc3n2)cc(OC)c1OC. The lowest BCUT2D eigenvalue weighted by Gasteiger charge is -2.15. The van der Waals surface area contributed by atoms with Crippen molar-refractivity contribution in [3.63, 3.8) is 0 Å². The first-order valence-corrected chi connectivity index (χ1v) is 12.8. The van der Waals surface area contributed by atoms with Crippen molar-refractivity contribution >= 4 is 49.5 Å². The number of esters is 1. The number of para-hydroxylation sites is 1. The summed E-state index contributed by atoms with van der Waals surface area (Å²) in [5.74, 6) is 0.207. The molecule has 0 aliphatic heterocycles. The highest BCUT2D eigenvalue weighted by atomic mass is 32.1. The molecule has 1 amide bonds. The Morgan fingerprint density at radius 3 is 2.33 bits per heavy atom. The Hall–Kier alpha value is -4.70. The van der Waals surface area contributed by atoms with E-state index in [2.05, 4.69) is 10.3 Å². The molecule has 0 unspecified atom stereocenters. The van der Waals surface area contributed by atoms with Crippen molar-refractivity contribution in [2.75, 3.05) is 33.3 Å². The zero-order chi connectivity index (χ0) is 27.5. The molecule has 1 N–H and O–H groups in total. The van der Waals surface area contributed by atoms with Gasteiger partial charge >= 0.3 is 5.97 Å². The van der Waals surface area contributed by atoms with Crippen LogP contribution in [-0.4, -0.2) is 49.8 Å². The molecule has 3 aromatic carbocycles. The van der Waals surface area contributed by atoms with Crippen molar-refractivity contribution in [2.24, 2.45) is 0 Å². The van der Waals surface area contributed by atoms with Crippen molar-refractivity contribution in [3.05, 3.63) is 71.8 Å². The predicted molar refractivity (Wildman–Crippen MR) is 150 cm³/mol. The molecule has 0 saturated carbocycles. The third kappa shape index (κ3) is 5.32. The van der Waals surface area contributed by atoms with Gasteiger partial charge in [-0.1, -0.05) is 35.6 Å². The molecule has 2 heterocycles. The molecule has 10 heteroatoms. The van der Waals surface area contributed by atoms with Crippen LogP contribution in [0.3, 0.4) is 0 Å². The van der Waals surface area contributed by atoms with E-state index >= 15 is 0 Å². The van der Waals surface area contributed by atoms with Crippen LogP contribution in [0.2, 0.25) is 0 Å². The second-order valence-electron chi connectivity index (χ2n) is 8.60. The van der Waals surface area contributed by atoms with Gasteiger partial charge in [-0.25, -0.2) is 14.8 Å². The van der Waals surface area contributed by atoms with Crippen LogP contribution in [0.25, 0.3) is 32.4 Å². The summed E-state index contributed by atoms with van der Waals surface area (Å²) in [6, 6.07) is 18.2. The van der Waals surface area contributed by atoms with E-state index in [-0.39, 0.29) is 5.56 Å². The van der Waals surface area contributed by atoms with Gasteiger partial charge in [0, 0.05) is 10.9 Å². The number of benzene rings is 3. The molecule has 0 aliphatic rings. The van der Waals surface area contributed by atoms with Crippen molar-refractivity contribution in [1.29, 1.82) is 0 Å². The van der Waals surface area contributed by atoms with Crippen LogP contribution in [-0.2, 0) is 9.53 Å². The number of ether oxygens (including phenoxy) is 4. The van der Waals surface area contributed by atoms with E-state index in [0.29, 0.717) is 44.5 Å². The third-order valence-electron chi connectivity index (χ3n) is 6.02. The molecule has 0 bridgehead atoms. The second-order valence-corrected chi connectivity index (χ2v) is 9.63. The summed E-state index contributed by atoms with van der Waals surface area (Å²) in [5.41, 5.74) is 3.90. The molecular formula is C29H25N3O6S. The average Bonchev–Trinajstić information content (AvgIpc) is 3.35. The van der Waals surface area contributed by atoms with Crippen LogP contribution >= 0.6 is 11.3 Å². The Balaban J connectivity index is 1.41. The Morgan fingerprint density at radius 2 is 1.62 bits per heavy atom. The molecular weight excluding hydrogens is 518 g/mol. The van der Waals surface area contributed by atoms with Gasteiger partial charge < -0.3 is 18.9 Å². The van der Waals surface area contributed by atoms with E-state index in [1.54, 1.807) is 36.4 Å². The number of thiazole rings is 1. The fraction of sp³-hybridized carbons (Fsp3) is 0.172. The minimum Gasteiger partial charge on any atom is -0.493 e. The maximum Gasteiger partial charge on any atom is 0.339 e. The quantitative estimate of drug-likeness (QED) is 0.251. The molecule has 198 valence electrons. The maximum atomic E-state index is 13.2. The third-order valence-corrected chi connectivity index (χ3v) is 6.95. The number of nitrogens with zero attached hydrogens (tertiary/aromatic N) is 2. The minimum atomic E-state index is -0.655. The van der Waals surface area contributed by atoms with Gasteiger partial charge in [0.05, 0.1) is 48.3 Å². The summed E-state index contributed by atoms with van der Waals surface area (Å²) < 4.78 is 22.7. The Labute approximate surface area is 228 Å². The first kappa shape index (κ1) is 25.9. The monoisotopic (exact) mass is 543 g/mol. The summed E-state index contributed by atoms with van der Waals surface area (Å²) in [7, 11) is 4.58. The van der Waals surface area contributed by atoms with E-state index in [0.717, 1.165) is 15.8 Å². The summed E-state index contributed by atoms with van der Waals surface area (Å²) in [4.78, 5) is 34.9. The fourth-order valence-corrected chi connectivity index (χ4v) is 5.15. The molecule has 0 aliphatic carbocycles. The van der Waals surface area contributed by atoms with E-state index in [1.165, 1.54) is 32.7 Å². The van der Waals surface area contributed by atoms with Gasteiger partial charge in [-0.3, -0.25) is 10.1 Å². The highest BCUT2D eigenvalue weighted by molar-refractivity contribution is 7.22. The number of rotatable bonds is 8. The molecule has 5 aromatic rings. The largest absolute Gasteiger partial charge is 0.493 e. The number of aryl methyl sites for hydroxylation is 1. The molecule has 0 spiro atoms. The Morgan fingerprint density at radius 1 is 0.872 bits per heavy atom. The minimum absolute atomic E-state index is 0.271. The predicted octanol–water partition coefficient (Wildman–Crippen LogP) is 5.64. The van der Waals surface area contributed by atoms with Crippen LogP contribution in [0.15, 0.2) is 60.7 Å². The lowest BCUT2D eigenvalue weighted by molar-refractivity contribution is -0.119. The first-order chi connectivity index (χ1) is 18.9. The highest BCUT2D eigenvalue weighted by Crippen LogP contribution is 2.41. The van der Waals surface area contributed by atoms with E-state index in [1.807, 2.05) is 31.2 Å². The van der Waals surface area contributed by atoms with Crippen molar-refractivity contribution in [2.45, 2.75) is 6.92 Å². The number of aromatic nitrogens is 2. The number of hydrogen-bond acceptors (Lipinski definition) is 9. The second kappa shape index (κ2) is 11.0. The molecule has 0 fully saturated rings. The number of fused-ring (bicyclic) bond motifs is 2. The van der Waals surface area contributed by atoms with Gasteiger partial charge in [0.15, 0.2) is 23.2 Å².